The van der Waals surface area contributed by atoms with E-state index in [1.807, 2.05) is 22.9 Å². The average molecular weight is 335 g/mol. The molecule has 1 aromatic heterocycles. The third-order valence-electron chi connectivity index (χ3n) is 3.62. The number of ether oxygens (including phenoxy) is 1. The maximum atomic E-state index is 12.6. The lowest BCUT2D eigenvalue weighted by atomic mass is 10.0. The highest BCUT2D eigenvalue weighted by Gasteiger charge is 2.25. The number of carbonyl (C=O) groups is 1. The summed E-state index contributed by atoms with van der Waals surface area (Å²) in [5.74, 6) is -0.183. The van der Waals surface area contributed by atoms with Gasteiger partial charge in [0, 0.05) is 12.6 Å². The molecule has 0 N–H and O–H groups in total. The highest BCUT2D eigenvalue weighted by atomic mass is 32.1. The van der Waals surface area contributed by atoms with E-state index in [2.05, 4.69) is 4.74 Å². The van der Waals surface area contributed by atoms with Gasteiger partial charge in [-0.3, -0.25) is 4.79 Å². The van der Waals surface area contributed by atoms with Crippen molar-refractivity contribution in [3.8, 4) is 5.75 Å². The molecule has 2 heterocycles. The van der Waals surface area contributed by atoms with Crippen LogP contribution in [-0.2, 0) is 11.2 Å². The number of benzene rings is 1. The first-order chi connectivity index (χ1) is 11.1. The lowest BCUT2D eigenvalue weighted by molar-refractivity contribution is -0.114. The standard InChI is InChI=1S/C17H15F2NO2S/c18-17(19)22-14-5-1-3-13-4-2-9-20(16(13)14)15(21)7-6-12-8-10-23-11-12/h1,3,5-8,10-11,17H,2,4,9H2/b7-6+. The second kappa shape index (κ2) is 6.91. The normalized spacial score (nSPS) is 14.3. The number of anilines is 1. The molecule has 3 nitrogen and oxygen atoms in total. The van der Waals surface area contributed by atoms with E-state index in [9.17, 15) is 13.6 Å². The fourth-order valence-electron chi connectivity index (χ4n) is 2.65. The molecule has 0 saturated heterocycles. The van der Waals surface area contributed by atoms with Crippen molar-refractivity contribution in [1.29, 1.82) is 0 Å². The number of alkyl halides is 2. The first-order valence-electron chi connectivity index (χ1n) is 7.23. The van der Waals surface area contributed by atoms with Crippen LogP contribution in [-0.4, -0.2) is 19.1 Å². The number of aryl methyl sites for hydroxylation is 1. The van der Waals surface area contributed by atoms with E-state index in [0.29, 0.717) is 12.2 Å². The Morgan fingerprint density at radius 1 is 1.35 bits per heavy atom. The zero-order valence-corrected chi connectivity index (χ0v) is 13.1. The lowest BCUT2D eigenvalue weighted by Gasteiger charge is -2.30. The largest absolute Gasteiger partial charge is 0.433 e. The predicted molar refractivity (Wildman–Crippen MR) is 87.1 cm³/mol. The van der Waals surface area contributed by atoms with Gasteiger partial charge in [-0.25, -0.2) is 0 Å². The number of para-hydroxylation sites is 1. The molecule has 1 aliphatic heterocycles. The van der Waals surface area contributed by atoms with E-state index in [1.54, 1.807) is 23.5 Å². The predicted octanol–water partition coefficient (Wildman–Crippen LogP) is 4.34. The van der Waals surface area contributed by atoms with Crippen molar-refractivity contribution >= 4 is 29.0 Å². The van der Waals surface area contributed by atoms with Crippen LogP contribution in [0, 0.1) is 0 Å². The van der Waals surface area contributed by atoms with E-state index in [1.165, 1.54) is 17.0 Å². The molecule has 3 rings (SSSR count). The summed E-state index contributed by atoms with van der Waals surface area (Å²) in [6.07, 6.45) is 4.73. The summed E-state index contributed by atoms with van der Waals surface area (Å²) in [6, 6.07) is 6.89. The monoisotopic (exact) mass is 335 g/mol. The number of hydrogen-bond donors (Lipinski definition) is 0. The topological polar surface area (TPSA) is 29.5 Å². The minimum Gasteiger partial charge on any atom is -0.433 e. The van der Waals surface area contributed by atoms with Crippen molar-refractivity contribution in [2.24, 2.45) is 0 Å². The van der Waals surface area contributed by atoms with Crippen molar-refractivity contribution in [2.45, 2.75) is 19.5 Å². The minimum atomic E-state index is -2.92. The molecule has 0 fully saturated rings. The summed E-state index contributed by atoms with van der Waals surface area (Å²) in [5.41, 5.74) is 2.25. The second-order valence-corrected chi connectivity index (χ2v) is 5.91. The van der Waals surface area contributed by atoms with Crippen LogP contribution in [0.2, 0.25) is 0 Å². The van der Waals surface area contributed by atoms with Crippen LogP contribution in [0.3, 0.4) is 0 Å². The van der Waals surface area contributed by atoms with Crippen molar-refractivity contribution in [1.82, 2.24) is 0 Å². The van der Waals surface area contributed by atoms with Gasteiger partial charge in [0.15, 0.2) is 0 Å². The third kappa shape index (κ3) is 3.59. The van der Waals surface area contributed by atoms with Crippen molar-refractivity contribution < 1.29 is 18.3 Å². The molecule has 120 valence electrons. The van der Waals surface area contributed by atoms with Crippen LogP contribution < -0.4 is 9.64 Å². The average Bonchev–Trinajstić information content (AvgIpc) is 3.05. The van der Waals surface area contributed by atoms with Gasteiger partial charge in [0.2, 0.25) is 0 Å². The fraction of sp³-hybridized carbons (Fsp3) is 0.235. The van der Waals surface area contributed by atoms with Crippen LogP contribution in [0.5, 0.6) is 5.75 Å². The quantitative estimate of drug-likeness (QED) is 0.778. The van der Waals surface area contributed by atoms with E-state index in [4.69, 9.17) is 0 Å². The molecule has 6 heteroatoms. The summed E-state index contributed by atoms with van der Waals surface area (Å²) in [5, 5.41) is 3.86. The number of thiophene rings is 1. The van der Waals surface area contributed by atoms with Gasteiger partial charge in [-0.05, 0) is 52.9 Å². The van der Waals surface area contributed by atoms with Crippen LogP contribution in [0.4, 0.5) is 14.5 Å². The SMILES string of the molecule is O=C(/C=C/c1ccsc1)N1CCCc2cccc(OC(F)F)c21. The van der Waals surface area contributed by atoms with E-state index < -0.39 is 6.61 Å². The molecular formula is C17H15F2NO2S. The van der Waals surface area contributed by atoms with Gasteiger partial charge in [-0.1, -0.05) is 12.1 Å². The Bertz CT molecular complexity index is 713. The Morgan fingerprint density at radius 2 is 2.22 bits per heavy atom. The number of hydrogen-bond acceptors (Lipinski definition) is 3. The maximum absolute atomic E-state index is 12.6. The number of nitrogens with zero attached hydrogens (tertiary/aromatic N) is 1. The summed E-state index contributed by atoms with van der Waals surface area (Å²) in [7, 11) is 0. The number of carbonyl (C=O) groups excluding carboxylic acids is 1. The second-order valence-electron chi connectivity index (χ2n) is 5.13. The molecule has 23 heavy (non-hydrogen) atoms. The van der Waals surface area contributed by atoms with E-state index in [-0.39, 0.29) is 11.7 Å². The molecule has 0 radical (unpaired) electrons. The Kier molecular flexibility index (Phi) is 4.71. The molecule has 0 spiro atoms. The van der Waals surface area contributed by atoms with Crippen molar-refractivity contribution in [2.75, 3.05) is 11.4 Å². The maximum Gasteiger partial charge on any atom is 0.387 e. The molecule has 0 aliphatic carbocycles. The van der Waals surface area contributed by atoms with Gasteiger partial charge in [-0.15, -0.1) is 0 Å². The summed E-state index contributed by atoms with van der Waals surface area (Å²) in [6.45, 7) is -2.43. The van der Waals surface area contributed by atoms with E-state index >= 15 is 0 Å². The highest BCUT2D eigenvalue weighted by Crippen LogP contribution is 2.37. The van der Waals surface area contributed by atoms with Gasteiger partial charge in [0.1, 0.15) is 5.75 Å². The molecule has 0 atom stereocenters. The van der Waals surface area contributed by atoms with Gasteiger partial charge in [-0.2, -0.15) is 20.1 Å². The zero-order valence-electron chi connectivity index (χ0n) is 12.2. The molecule has 1 aliphatic rings. The van der Waals surface area contributed by atoms with Crippen molar-refractivity contribution in [3.05, 3.63) is 52.2 Å². The zero-order chi connectivity index (χ0) is 16.2. The Hall–Kier alpha value is -2.21. The first kappa shape index (κ1) is 15.7. The smallest absolute Gasteiger partial charge is 0.387 e. The number of halogens is 2. The molecule has 1 aromatic carbocycles. The van der Waals surface area contributed by atoms with E-state index in [0.717, 1.165) is 24.0 Å². The first-order valence-corrected chi connectivity index (χ1v) is 8.18. The Morgan fingerprint density at radius 3 is 2.96 bits per heavy atom. The highest BCUT2D eigenvalue weighted by molar-refractivity contribution is 7.08. The van der Waals surface area contributed by atoms with Crippen LogP contribution >= 0.6 is 11.3 Å². The van der Waals surface area contributed by atoms with Gasteiger partial charge in [0.05, 0.1) is 5.69 Å². The van der Waals surface area contributed by atoms with Crippen LogP contribution in [0.25, 0.3) is 6.08 Å². The van der Waals surface area contributed by atoms with Gasteiger partial charge in [0.25, 0.3) is 5.91 Å². The molecular weight excluding hydrogens is 320 g/mol. The Balaban J connectivity index is 1.89. The van der Waals surface area contributed by atoms with Gasteiger partial charge >= 0.3 is 6.61 Å². The fourth-order valence-corrected chi connectivity index (χ4v) is 3.28. The summed E-state index contributed by atoms with van der Waals surface area (Å²) in [4.78, 5) is 14.0. The molecule has 2 aromatic rings. The third-order valence-corrected chi connectivity index (χ3v) is 4.33. The van der Waals surface area contributed by atoms with Crippen molar-refractivity contribution in [3.63, 3.8) is 0 Å². The number of rotatable bonds is 4. The summed E-state index contributed by atoms with van der Waals surface area (Å²) < 4.78 is 29.8. The Labute approximate surface area is 136 Å². The summed E-state index contributed by atoms with van der Waals surface area (Å²) >= 11 is 1.55. The molecule has 0 bridgehead atoms. The van der Waals surface area contributed by atoms with Crippen LogP contribution in [0.15, 0.2) is 41.1 Å². The minimum absolute atomic E-state index is 0.0504. The molecule has 0 unspecified atom stereocenters. The lowest BCUT2D eigenvalue weighted by Crippen LogP contribution is -2.34. The van der Waals surface area contributed by atoms with Gasteiger partial charge < -0.3 is 9.64 Å². The van der Waals surface area contributed by atoms with Crippen LogP contribution in [0.1, 0.15) is 17.5 Å². The molecule has 1 amide bonds. The number of amides is 1. The number of fused-ring (bicyclic) bond motifs is 1. The molecule has 0 saturated carbocycles.